The van der Waals surface area contributed by atoms with Gasteiger partial charge in [0.2, 0.25) is 0 Å². The molecule has 2 rings (SSSR count). The van der Waals surface area contributed by atoms with Crippen molar-refractivity contribution in [3.8, 4) is 5.75 Å². The minimum absolute atomic E-state index is 0.0219. The lowest BCUT2D eigenvalue weighted by Crippen LogP contribution is -2.26. The first-order valence-corrected chi connectivity index (χ1v) is 4.81. The zero-order valence-electron chi connectivity index (χ0n) is 6.87. The van der Waals surface area contributed by atoms with E-state index >= 15 is 0 Å². The van der Waals surface area contributed by atoms with E-state index < -0.39 is 0 Å². The van der Waals surface area contributed by atoms with Crippen LogP contribution in [0, 0.1) is 0 Å². The largest absolute Gasteiger partial charge is 0.393 e. The van der Waals surface area contributed by atoms with E-state index in [0.717, 1.165) is 15.8 Å². The highest BCUT2D eigenvalue weighted by Gasteiger charge is 2.20. The maximum atomic E-state index is 8.87. The molecule has 13 heavy (non-hydrogen) atoms. The summed E-state index contributed by atoms with van der Waals surface area (Å²) in [5, 5.41) is 8.87. The van der Waals surface area contributed by atoms with Gasteiger partial charge in [-0.1, -0.05) is 15.9 Å². The van der Waals surface area contributed by atoms with Crippen LogP contribution in [0.5, 0.6) is 5.75 Å². The van der Waals surface area contributed by atoms with Gasteiger partial charge in [-0.3, -0.25) is 0 Å². The summed E-state index contributed by atoms with van der Waals surface area (Å²) in [7, 11) is 0. The van der Waals surface area contributed by atoms with Gasteiger partial charge in [-0.05, 0) is 18.2 Å². The van der Waals surface area contributed by atoms with E-state index in [2.05, 4.69) is 15.9 Å². The smallest absolute Gasteiger partial charge is 0.168 e. The number of hydrogen-bond acceptors (Lipinski definition) is 3. The van der Waals surface area contributed by atoms with Gasteiger partial charge in [-0.2, -0.15) is 4.89 Å². The third-order valence-electron chi connectivity index (χ3n) is 1.95. The molecule has 0 aromatic heterocycles. The summed E-state index contributed by atoms with van der Waals surface area (Å²) < 4.78 is 1.01. The van der Waals surface area contributed by atoms with Gasteiger partial charge in [0, 0.05) is 16.5 Å². The number of halogens is 1. The van der Waals surface area contributed by atoms with Crippen LogP contribution in [-0.4, -0.2) is 17.8 Å². The van der Waals surface area contributed by atoms with E-state index in [9.17, 15) is 0 Å². The van der Waals surface area contributed by atoms with Gasteiger partial charge in [0.15, 0.2) is 5.75 Å². The highest BCUT2D eigenvalue weighted by atomic mass is 79.9. The monoisotopic (exact) mass is 244 g/mol. The molecule has 70 valence electrons. The topological polar surface area (TPSA) is 38.7 Å². The molecule has 1 aliphatic rings. The Morgan fingerprint density at radius 1 is 1.54 bits per heavy atom. The molecule has 0 spiro atoms. The van der Waals surface area contributed by atoms with Crippen molar-refractivity contribution >= 4 is 15.9 Å². The first kappa shape index (κ1) is 8.99. The zero-order valence-corrected chi connectivity index (χ0v) is 8.45. The number of aliphatic hydroxyl groups excluding tert-OH is 1. The normalized spacial score (nSPS) is 20.6. The number of rotatable bonds is 1. The fraction of sp³-hybridized carbons (Fsp3) is 0.333. The van der Waals surface area contributed by atoms with Crippen molar-refractivity contribution in [2.45, 2.75) is 12.5 Å². The maximum Gasteiger partial charge on any atom is 0.168 e. The lowest BCUT2D eigenvalue weighted by atomic mass is 10.1. The van der Waals surface area contributed by atoms with Gasteiger partial charge in [0.1, 0.15) is 6.10 Å². The molecule has 0 saturated heterocycles. The number of fused-ring (bicyclic) bond motifs is 1. The average Bonchev–Trinajstić information content (AvgIpc) is 2.16. The number of aliphatic hydroxyl groups is 1. The first-order chi connectivity index (χ1) is 6.29. The SMILES string of the molecule is OCC1Cc2cc(Br)ccc2OO1. The summed E-state index contributed by atoms with van der Waals surface area (Å²) in [5.74, 6) is 0.730. The van der Waals surface area contributed by atoms with E-state index in [-0.39, 0.29) is 12.7 Å². The van der Waals surface area contributed by atoms with Gasteiger partial charge >= 0.3 is 0 Å². The maximum absolute atomic E-state index is 8.87. The van der Waals surface area contributed by atoms with Crippen LogP contribution >= 0.6 is 15.9 Å². The van der Waals surface area contributed by atoms with Crippen LogP contribution in [0.2, 0.25) is 0 Å². The molecule has 1 aromatic rings. The van der Waals surface area contributed by atoms with Crippen molar-refractivity contribution in [3.05, 3.63) is 28.2 Å². The molecule has 1 heterocycles. The molecule has 0 bridgehead atoms. The van der Waals surface area contributed by atoms with Crippen LogP contribution < -0.4 is 4.89 Å². The van der Waals surface area contributed by atoms with Crippen molar-refractivity contribution in [2.24, 2.45) is 0 Å². The van der Waals surface area contributed by atoms with Crippen molar-refractivity contribution in [1.82, 2.24) is 0 Å². The predicted molar refractivity (Wildman–Crippen MR) is 50.4 cm³/mol. The second-order valence-electron chi connectivity index (χ2n) is 2.94. The molecule has 0 fully saturated rings. The molecular formula is C9H9BrO3. The van der Waals surface area contributed by atoms with E-state index in [1.54, 1.807) is 0 Å². The molecule has 1 aromatic carbocycles. The fourth-order valence-corrected chi connectivity index (χ4v) is 1.69. The summed E-state index contributed by atoms with van der Waals surface area (Å²) in [6.45, 7) is -0.0219. The third kappa shape index (κ3) is 1.85. The van der Waals surface area contributed by atoms with Gasteiger partial charge in [-0.15, -0.1) is 0 Å². The highest BCUT2D eigenvalue weighted by Crippen LogP contribution is 2.28. The second kappa shape index (κ2) is 3.65. The highest BCUT2D eigenvalue weighted by molar-refractivity contribution is 9.10. The Morgan fingerprint density at radius 3 is 3.15 bits per heavy atom. The predicted octanol–water partition coefficient (Wildman–Crippen LogP) is 1.68. The molecule has 0 aliphatic carbocycles. The molecule has 4 heteroatoms. The minimum atomic E-state index is -0.248. The Hall–Kier alpha value is -0.580. The third-order valence-corrected chi connectivity index (χ3v) is 2.44. The Bertz CT molecular complexity index is 314. The van der Waals surface area contributed by atoms with Crippen LogP contribution in [0.4, 0.5) is 0 Å². The van der Waals surface area contributed by atoms with E-state index in [0.29, 0.717) is 6.42 Å². The molecule has 1 N–H and O–H groups in total. The fourth-order valence-electron chi connectivity index (χ4n) is 1.28. The first-order valence-electron chi connectivity index (χ1n) is 4.02. The van der Waals surface area contributed by atoms with Gasteiger partial charge in [-0.25, -0.2) is 0 Å². The minimum Gasteiger partial charge on any atom is -0.393 e. The molecule has 0 radical (unpaired) electrons. The molecule has 1 atom stereocenters. The lowest BCUT2D eigenvalue weighted by Gasteiger charge is -2.22. The lowest BCUT2D eigenvalue weighted by molar-refractivity contribution is -0.261. The quantitative estimate of drug-likeness (QED) is 0.765. The van der Waals surface area contributed by atoms with Crippen molar-refractivity contribution < 1.29 is 14.9 Å². The van der Waals surface area contributed by atoms with Crippen LogP contribution in [0.3, 0.4) is 0 Å². The van der Waals surface area contributed by atoms with Crippen molar-refractivity contribution in [1.29, 1.82) is 0 Å². The summed E-state index contributed by atoms with van der Waals surface area (Å²) in [4.78, 5) is 9.93. The molecular weight excluding hydrogens is 236 g/mol. The summed E-state index contributed by atoms with van der Waals surface area (Å²) in [6.07, 6.45) is 0.437. The van der Waals surface area contributed by atoms with Crippen LogP contribution in [-0.2, 0) is 11.3 Å². The van der Waals surface area contributed by atoms with Gasteiger partial charge in [0.25, 0.3) is 0 Å². The zero-order chi connectivity index (χ0) is 9.26. The summed E-state index contributed by atoms with van der Waals surface area (Å²) >= 11 is 3.37. The van der Waals surface area contributed by atoms with Crippen LogP contribution in [0.1, 0.15) is 5.56 Å². The van der Waals surface area contributed by atoms with Crippen LogP contribution in [0.25, 0.3) is 0 Å². The van der Waals surface area contributed by atoms with Crippen molar-refractivity contribution in [2.75, 3.05) is 6.61 Å². The van der Waals surface area contributed by atoms with Crippen molar-refractivity contribution in [3.63, 3.8) is 0 Å². The van der Waals surface area contributed by atoms with E-state index in [1.165, 1.54) is 0 Å². The Morgan fingerprint density at radius 2 is 2.38 bits per heavy atom. The molecule has 1 aliphatic heterocycles. The average molecular weight is 245 g/mol. The number of hydrogen-bond donors (Lipinski definition) is 1. The molecule has 3 nitrogen and oxygen atoms in total. The van der Waals surface area contributed by atoms with E-state index in [1.807, 2.05) is 18.2 Å². The summed E-state index contributed by atoms with van der Waals surface area (Å²) in [5.41, 5.74) is 1.06. The van der Waals surface area contributed by atoms with Crippen LogP contribution in [0.15, 0.2) is 22.7 Å². The standard InChI is InChI=1S/C9H9BrO3/c10-7-1-2-9-6(3-7)4-8(5-11)12-13-9/h1-3,8,11H,4-5H2. The molecule has 1 unspecified atom stereocenters. The van der Waals surface area contributed by atoms with Gasteiger partial charge in [0.05, 0.1) is 6.61 Å². The molecule has 0 saturated carbocycles. The Balaban J connectivity index is 2.27. The second-order valence-corrected chi connectivity index (χ2v) is 3.86. The Labute approximate surface area is 84.3 Å². The van der Waals surface area contributed by atoms with E-state index in [4.69, 9.17) is 14.9 Å². The Kier molecular flexibility index (Phi) is 2.53. The van der Waals surface area contributed by atoms with Gasteiger partial charge < -0.3 is 9.99 Å². The number of benzene rings is 1. The summed E-state index contributed by atoms with van der Waals surface area (Å²) in [6, 6.07) is 5.70. The molecule has 0 amide bonds.